The first kappa shape index (κ1) is 14.3. The molecule has 1 amide bonds. The smallest absolute Gasteiger partial charge is 0.303 e. The Kier molecular flexibility index (Phi) is 4.45. The SMILES string of the molecule is CC1(C(=O)N2CCC(CCC(=O)O)CC2)CCCO1. The molecule has 5 heteroatoms. The molecule has 2 fully saturated rings. The first-order chi connectivity index (χ1) is 9.01. The van der Waals surface area contributed by atoms with E-state index in [1.807, 2.05) is 11.8 Å². The molecule has 2 aliphatic heterocycles. The van der Waals surface area contributed by atoms with Gasteiger partial charge in [0, 0.05) is 26.1 Å². The predicted molar refractivity (Wildman–Crippen MR) is 69.8 cm³/mol. The van der Waals surface area contributed by atoms with E-state index < -0.39 is 11.6 Å². The zero-order valence-electron chi connectivity index (χ0n) is 11.6. The Morgan fingerprint density at radius 1 is 1.37 bits per heavy atom. The van der Waals surface area contributed by atoms with Gasteiger partial charge in [0.05, 0.1) is 0 Å². The fraction of sp³-hybridized carbons (Fsp3) is 0.857. The molecule has 0 aromatic rings. The normalized spacial score (nSPS) is 28.6. The fourth-order valence-corrected chi connectivity index (χ4v) is 3.03. The van der Waals surface area contributed by atoms with E-state index in [0.717, 1.165) is 45.2 Å². The van der Waals surface area contributed by atoms with Gasteiger partial charge in [-0.2, -0.15) is 0 Å². The van der Waals surface area contributed by atoms with Crippen molar-refractivity contribution in [2.75, 3.05) is 19.7 Å². The molecule has 0 aromatic carbocycles. The van der Waals surface area contributed by atoms with Crippen LogP contribution >= 0.6 is 0 Å². The molecule has 0 spiro atoms. The number of likely N-dealkylation sites (tertiary alicyclic amines) is 1. The summed E-state index contributed by atoms with van der Waals surface area (Å²) in [6.07, 6.45) is 4.55. The maximum Gasteiger partial charge on any atom is 0.303 e. The van der Waals surface area contributed by atoms with E-state index in [0.29, 0.717) is 12.5 Å². The Morgan fingerprint density at radius 3 is 2.58 bits per heavy atom. The molecule has 0 bridgehead atoms. The molecule has 108 valence electrons. The highest BCUT2D eigenvalue weighted by Gasteiger charge is 2.41. The summed E-state index contributed by atoms with van der Waals surface area (Å²) < 4.78 is 5.59. The van der Waals surface area contributed by atoms with E-state index in [4.69, 9.17) is 9.84 Å². The van der Waals surface area contributed by atoms with Gasteiger partial charge in [-0.05, 0) is 44.9 Å². The highest BCUT2D eigenvalue weighted by atomic mass is 16.5. The molecule has 0 radical (unpaired) electrons. The van der Waals surface area contributed by atoms with Gasteiger partial charge in [0.1, 0.15) is 5.60 Å². The largest absolute Gasteiger partial charge is 0.481 e. The Balaban J connectivity index is 1.79. The highest BCUT2D eigenvalue weighted by molar-refractivity contribution is 5.85. The Labute approximate surface area is 113 Å². The van der Waals surface area contributed by atoms with Gasteiger partial charge in [-0.15, -0.1) is 0 Å². The molecule has 2 rings (SSSR count). The van der Waals surface area contributed by atoms with E-state index in [1.54, 1.807) is 0 Å². The Morgan fingerprint density at radius 2 is 2.05 bits per heavy atom. The number of amides is 1. The monoisotopic (exact) mass is 269 g/mol. The van der Waals surface area contributed by atoms with Crippen LogP contribution in [0.1, 0.15) is 45.4 Å². The van der Waals surface area contributed by atoms with E-state index in [1.165, 1.54) is 0 Å². The Hall–Kier alpha value is -1.10. The molecule has 1 unspecified atom stereocenters. The zero-order chi connectivity index (χ0) is 13.9. The van der Waals surface area contributed by atoms with Crippen LogP contribution in [0, 0.1) is 5.92 Å². The summed E-state index contributed by atoms with van der Waals surface area (Å²) >= 11 is 0. The van der Waals surface area contributed by atoms with Crippen molar-refractivity contribution >= 4 is 11.9 Å². The standard InChI is InChI=1S/C14H23NO4/c1-14(7-2-10-19-14)13(18)15-8-5-11(6-9-15)3-4-12(16)17/h11H,2-10H2,1H3,(H,16,17). The number of carboxylic acid groups (broad SMARTS) is 1. The van der Waals surface area contributed by atoms with Crippen molar-refractivity contribution in [2.24, 2.45) is 5.92 Å². The summed E-state index contributed by atoms with van der Waals surface area (Å²) in [5, 5.41) is 8.68. The lowest BCUT2D eigenvalue weighted by molar-refractivity contribution is -0.152. The third-order valence-electron chi connectivity index (χ3n) is 4.34. The summed E-state index contributed by atoms with van der Waals surface area (Å²) in [5.41, 5.74) is -0.617. The van der Waals surface area contributed by atoms with Crippen LogP contribution in [0.25, 0.3) is 0 Å². The zero-order valence-corrected chi connectivity index (χ0v) is 11.6. The first-order valence-electron chi connectivity index (χ1n) is 7.16. The second-order valence-electron chi connectivity index (χ2n) is 5.85. The number of aliphatic carboxylic acids is 1. The number of piperidine rings is 1. The van der Waals surface area contributed by atoms with Gasteiger partial charge in [-0.25, -0.2) is 0 Å². The lowest BCUT2D eigenvalue weighted by atomic mass is 9.91. The van der Waals surface area contributed by atoms with Crippen LogP contribution in [0.2, 0.25) is 0 Å². The second-order valence-corrected chi connectivity index (χ2v) is 5.85. The molecule has 0 aliphatic carbocycles. The Bertz CT molecular complexity index is 341. The quantitative estimate of drug-likeness (QED) is 0.843. The number of carbonyl (C=O) groups excluding carboxylic acids is 1. The molecule has 2 aliphatic rings. The van der Waals surface area contributed by atoms with Crippen molar-refractivity contribution in [3.05, 3.63) is 0 Å². The predicted octanol–water partition coefficient (Wildman–Crippen LogP) is 1.66. The molecule has 2 saturated heterocycles. The number of rotatable bonds is 4. The molecule has 1 atom stereocenters. The topological polar surface area (TPSA) is 66.8 Å². The number of carboxylic acids is 1. The molecule has 1 N–H and O–H groups in total. The molecule has 0 aromatic heterocycles. The van der Waals surface area contributed by atoms with Crippen molar-refractivity contribution in [1.82, 2.24) is 4.90 Å². The summed E-state index contributed by atoms with van der Waals surface area (Å²) in [7, 11) is 0. The van der Waals surface area contributed by atoms with Crippen LogP contribution in [0.3, 0.4) is 0 Å². The van der Waals surface area contributed by atoms with Gasteiger partial charge in [0.25, 0.3) is 5.91 Å². The molecule has 19 heavy (non-hydrogen) atoms. The maximum absolute atomic E-state index is 12.4. The van der Waals surface area contributed by atoms with Crippen molar-refractivity contribution in [3.8, 4) is 0 Å². The van der Waals surface area contributed by atoms with E-state index >= 15 is 0 Å². The van der Waals surface area contributed by atoms with Gasteiger partial charge in [-0.1, -0.05) is 0 Å². The van der Waals surface area contributed by atoms with Crippen molar-refractivity contribution in [1.29, 1.82) is 0 Å². The minimum Gasteiger partial charge on any atom is -0.481 e. The van der Waals surface area contributed by atoms with Crippen molar-refractivity contribution < 1.29 is 19.4 Å². The van der Waals surface area contributed by atoms with Crippen LogP contribution in [-0.4, -0.2) is 47.2 Å². The van der Waals surface area contributed by atoms with E-state index in [9.17, 15) is 9.59 Å². The number of ether oxygens (including phenoxy) is 1. The molecular formula is C14H23NO4. The summed E-state index contributed by atoms with van der Waals surface area (Å²) in [6, 6.07) is 0. The van der Waals surface area contributed by atoms with Gasteiger partial charge >= 0.3 is 5.97 Å². The van der Waals surface area contributed by atoms with Gasteiger partial charge in [-0.3, -0.25) is 9.59 Å². The molecular weight excluding hydrogens is 246 g/mol. The minimum atomic E-state index is -0.731. The van der Waals surface area contributed by atoms with Crippen LogP contribution in [0.5, 0.6) is 0 Å². The number of carbonyl (C=O) groups is 2. The summed E-state index contributed by atoms with van der Waals surface area (Å²) in [6.45, 7) is 4.04. The minimum absolute atomic E-state index is 0.113. The highest BCUT2D eigenvalue weighted by Crippen LogP contribution is 2.30. The van der Waals surface area contributed by atoms with Crippen LogP contribution in [0.4, 0.5) is 0 Å². The first-order valence-corrected chi connectivity index (χ1v) is 7.16. The number of nitrogens with zero attached hydrogens (tertiary/aromatic N) is 1. The van der Waals surface area contributed by atoms with Gasteiger partial charge < -0.3 is 14.7 Å². The van der Waals surface area contributed by atoms with Crippen LogP contribution < -0.4 is 0 Å². The molecule has 0 saturated carbocycles. The van der Waals surface area contributed by atoms with E-state index in [2.05, 4.69) is 0 Å². The van der Waals surface area contributed by atoms with Crippen LogP contribution in [-0.2, 0) is 14.3 Å². The summed E-state index contributed by atoms with van der Waals surface area (Å²) in [4.78, 5) is 24.8. The number of hydrogen-bond acceptors (Lipinski definition) is 3. The van der Waals surface area contributed by atoms with Crippen LogP contribution in [0.15, 0.2) is 0 Å². The third kappa shape index (κ3) is 3.47. The lowest BCUT2D eigenvalue weighted by Gasteiger charge is -2.36. The van der Waals surface area contributed by atoms with E-state index in [-0.39, 0.29) is 12.3 Å². The second kappa shape index (κ2) is 5.90. The molecule has 5 nitrogen and oxygen atoms in total. The fourth-order valence-electron chi connectivity index (χ4n) is 3.03. The third-order valence-corrected chi connectivity index (χ3v) is 4.34. The maximum atomic E-state index is 12.4. The molecule has 2 heterocycles. The number of hydrogen-bond donors (Lipinski definition) is 1. The average molecular weight is 269 g/mol. The van der Waals surface area contributed by atoms with Gasteiger partial charge in [0.15, 0.2) is 0 Å². The van der Waals surface area contributed by atoms with Crippen molar-refractivity contribution in [3.63, 3.8) is 0 Å². The van der Waals surface area contributed by atoms with Gasteiger partial charge in [0.2, 0.25) is 0 Å². The lowest BCUT2D eigenvalue weighted by Crippen LogP contribution is -2.49. The summed E-state index contributed by atoms with van der Waals surface area (Å²) in [5.74, 6) is -0.176. The average Bonchev–Trinajstić information content (AvgIpc) is 2.84. The van der Waals surface area contributed by atoms with Crippen molar-refractivity contribution in [2.45, 2.75) is 51.0 Å².